The Kier molecular flexibility index (Phi) is 3.35. The first-order valence-electron chi connectivity index (χ1n) is 8.49. The van der Waals surface area contributed by atoms with Crippen LogP contribution < -0.4 is 16.1 Å². The molecular formula is C18H21N5O2. The van der Waals surface area contributed by atoms with Gasteiger partial charge in [-0.15, -0.1) is 0 Å². The zero-order valence-electron chi connectivity index (χ0n) is 14.9. The molecule has 0 radical (unpaired) electrons. The molecule has 0 spiro atoms. The van der Waals surface area contributed by atoms with E-state index in [-0.39, 0.29) is 11.2 Å². The Morgan fingerprint density at radius 1 is 1.16 bits per heavy atom. The fourth-order valence-electron chi connectivity index (χ4n) is 3.61. The van der Waals surface area contributed by atoms with Crippen LogP contribution in [0.3, 0.4) is 0 Å². The van der Waals surface area contributed by atoms with Gasteiger partial charge in [0.1, 0.15) is 0 Å². The van der Waals surface area contributed by atoms with Crippen molar-refractivity contribution >= 4 is 22.8 Å². The molecule has 0 aliphatic carbocycles. The predicted molar refractivity (Wildman–Crippen MR) is 97.8 cm³/mol. The molecule has 2 aromatic heterocycles. The van der Waals surface area contributed by atoms with Gasteiger partial charge in [-0.3, -0.25) is 13.9 Å². The van der Waals surface area contributed by atoms with Gasteiger partial charge in [0.05, 0.1) is 0 Å². The zero-order valence-corrected chi connectivity index (χ0v) is 14.9. The number of aromatic nitrogens is 4. The molecule has 130 valence electrons. The van der Waals surface area contributed by atoms with Crippen molar-refractivity contribution < 1.29 is 0 Å². The Bertz CT molecular complexity index is 1120. The van der Waals surface area contributed by atoms with E-state index in [9.17, 15) is 9.59 Å². The summed E-state index contributed by atoms with van der Waals surface area (Å²) in [6.07, 6.45) is 0. The first-order chi connectivity index (χ1) is 12.0. The summed E-state index contributed by atoms with van der Waals surface area (Å²) in [6.45, 7) is 7.77. The van der Waals surface area contributed by atoms with Crippen molar-refractivity contribution in [2.24, 2.45) is 7.05 Å². The molecule has 0 saturated heterocycles. The van der Waals surface area contributed by atoms with Crippen molar-refractivity contribution in [1.29, 1.82) is 0 Å². The molecule has 3 heterocycles. The molecule has 25 heavy (non-hydrogen) atoms. The minimum absolute atomic E-state index is 0.262. The van der Waals surface area contributed by atoms with Crippen molar-refractivity contribution in [2.75, 3.05) is 11.4 Å². The summed E-state index contributed by atoms with van der Waals surface area (Å²) in [5, 5.41) is 0. The molecule has 1 aromatic carbocycles. The SMILES string of the molecule is CCn1c(=O)c2c(nc3n2CCN3c2cccc(C)c2C)n(C)c1=O. The molecule has 7 nitrogen and oxygen atoms in total. The standard InChI is InChI=1S/C18H21N5O2/c1-5-21-16(24)14-15(20(4)18(21)25)19-17-22(9-10-23(14)17)13-8-6-7-11(2)12(13)3/h6-8H,5,9-10H2,1-4H3. The van der Waals surface area contributed by atoms with Crippen LogP contribution in [0.1, 0.15) is 18.1 Å². The van der Waals surface area contributed by atoms with E-state index >= 15 is 0 Å². The number of aryl methyl sites for hydroxylation is 2. The van der Waals surface area contributed by atoms with Gasteiger partial charge < -0.3 is 9.47 Å². The van der Waals surface area contributed by atoms with Gasteiger partial charge in [0.25, 0.3) is 5.56 Å². The molecular weight excluding hydrogens is 318 g/mol. The Morgan fingerprint density at radius 2 is 1.92 bits per heavy atom. The lowest BCUT2D eigenvalue weighted by atomic mass is 10.1. The monoisotopic (exact) mass is 339 g/mol. The van der Waals surface area contributed by atoms with Crippen LogP contribution >= 0.6 is 0 Å². The number of anilines is 2. The molecule has 1 aliphatic rings. The van der Waals surface area contributed by atoms with Gasteiger partial charge in [-0.05, 0) is 38.0 Å². The maximum Gasteiger partial charge on any atom is 0.332 e. The normalized spacial score (nSPS) is 13.7. The molecule has 0 saturated carbocycles. The first-order valence-corrected chi connectivity index (χ1v) is 8.49. The lowest BCUT2D eigenvalue weighted by molar-refractivity contribution is 0.633. The molecule has 3 aromatic rings. The second kappa shape index (κ2) is 5.34. The molecule has 0 unspecified atom stereocenters. The number of hydrogen-bond donors (Lipinski definition) is 0. The summed E-state index contributed by atoms with van der Waals surface area (Å²) in [5.74, 6) is 0.727. The van der Waals surface area contributed by atoms with Gasteiger partial charge in [0.15, 0.2) is 11.2 Å². The fourth-order valence-corrected chi connectivity index (χ4v) is 3.61. The van der Waals surface area contributed by atoms with Crippen molar-refractivity contribution in [3.05, 3.63) is 50.2 Å². The topological polar surface area (TPSA) is 65.1 Å². The second-order valence-corrected chi connectivity index (χ2v) is 6.50. The molecule has 0 fully saturated rings. The fraction of sp³-hybridized carbons (Fsp3) is 0.389. The maximum absolute atomic E-state index is 12.8. The highest BCUT2D eigenvalue weighted by Gasteiger charge is 2.29. The van der Waals surface area contributed by atoms with Crippen LogP contribution in [0.15, 0.2) is 27.8 Å². The Hall–Kier alpha value is -2.83. The average molecular weight is 339 g/mol. The third-order valence-electron chi connectivity index (χ3n) is 5.18. The van der Waals surface area contributed by atoms with Crippen molar-refractivity contribution in [3.63, 3.8) is 0 Å². The predicted octanol–water partition coefficient (Wildman–Crippen LogP) is 1.69. The van der Waals surface area contributed by atoms with Crippen LogP contribution in [0.25, 0.3) is 11.2 Å². The van der Waals surface area contributed by atoms with Gasteiger partial charge >= 0.3 is 5.69 Å². The number of imidazole rings is 1. The van der Waals surface area contributed by atoms with Gasteiger partial charge in [-0.2, -0.15) is 4.98 Å². The minimum Gasteiger partial charge on any atom is -0.310 e. The van der Waals surface area contributed by atoms with Gasteiger partial charge in [0, 0.05) is 32.4 Å². The highest BCUT2D eigenvalue weighted by molar-refractivity contribution is 5.78. The molecule has 0 N–H and O–H groups in total. The second-order valence-electron chi connectivity index (χ2n) is 6.50. The Balaban J connectivity index is 2.01. The maximum atomic E-state index is 12.8. The molecule has 7 heteroatoms. The number of nitrogens with zero attached hydrogens (tertiary/aromatic N) is 5. The smallest absolute Gasteiger partial charge is 0.310 e. The molecule has 0 bridgehead atoms. The summed E-state index contributed by atoms with van der Waals surface area (Å²) in [7, 11) is 1.67. The van der Waals surface area contributed by atoms with E-state index in [0.29, 0.717) is 24.3 Å². The van der Waals surface area contributed by atoms with E-state index in [2.05, 4.69) is 35.9 Å². The third-order valence-corrected chi connectivity index (χ3v) is 5.18. The summed E-state index contributed by atoms with van der Waals surface area (Å²) in [4.78, 5) is 31.9. The van der Waals surface area contributed by atoms with Crippen LogP contribution in [0, 0.1) is 13.8 Å². The van der Waals surface area contributed by atoms with Crippen LogP contribution in [0.2, 0.25) is 0 Å². The van der Waals surface area contributed by atoms with Crippen LogP contribution in [0.4, 0.5) is 11.6 Å². The Morgan fingerprint density at radius 3 is 2.64 bits per heavy atom. The first kappa shape index (κ1) is 15.7. The molecule has 0 atom stereocenters. The van der Waals surface area contributed by atoms with Crippen molar-refractivity contribution in [1.82, 2.24) is 18.7 Å². The van der Waals surface area contributed by atoms with E-state index < -0.39 is 0 Å². The summed E-state index contributed by atoms with van der Waals surface area (Å²) in [6, 6.07) is 6.19. The highest BCUT2D eigenvalue weighted by atomic mass is 16.2. The highest BCUT2D eigenvalue weighted by Crippen LogP contribution is 2.34. The largest absolute Gasteiger partial charge is 0.332 e. The van der Waals surface area contributed by atoms with Crippen molar-refractivity contribution in [3.8, 4) is 0 Å². The number of benzene rings is 1. The van der Waals surface area contributed by atoms with Gasteiger partial charge in [-0.25, -0.2) is 4.79 Å². The van der Waals surface area contributed by atoms with Crippen LogP contribution in [-0.2, 0) is 20.1 Å². The lowest BCUT2D eigenvalue weighted by Crippen LogP contribution is -2.39. The number of rotatable bonds is 2. The molecule has 4 rings (SSSR count). The van der Waals surface area contributed by atoms with E-state index in [1.165, 1.54) is 20.3 Å². The van der Waals surface area contributed by atoms with E-state index in [4.69, 9.17) is 0 Å². The third kappa shape index (κ3) is 2.01. The average Bonchev–Trinajstić information content (AvgIpc) is 3.15. The number of fused-ring (bicyclic) bond motifs is 3. The van der Waals surface area contributed by atoms with Crippen LogP contribution in [0.5, 0.6) is 0 Å². The van der Waals surface area contributed by atoms with Crippen molar-refractivity contribution in [2.45, 2.75) is 33.9 Å². The lowest BCUT2D eigenvalue weighted by Gasteiger charge is -2.19. The van der Waals surface area contributed by atoms with E-state index in [1.54, 1.807) is 14.0 Å². The van der Waals surface area contributed by atoms with Crippen LogP contribution in [-0.4, -0.2) is 25.2 Å². The Labute approximate surface area is 144 Å². The van der Waals surface area contributed by atoms with Gasteiger partial charge in [0.2, 0.25) is 5.95 Å². The minimum atomic E-state index is -0.324. The molecule has 1 aliphatic heterocycles. The number of hydrogen-bond acceptors (Lipinski definition) is 4. The zero-order chi connectivity index (χ0) is 17.9. The quantitative estimate of drug-likeness (QED) is 0.713. The molecule has 0 amide bonds. The van der Waals surface area contributed by atoms with E-state index in [1.807, 2.05) is 10.6 Å². The van der Waals surface area contributed by atoms with Gasteiger partial charge in [-0.1, -0.05) is 12.1 Å². The summed E-state index contributed by atoms with van der Waals surface area (Å²) < 4.78 is 4.66. The summed E-state index contributed by atoms with van der Waals surface area (Å²) in [5.41, 5.74) is 3.87. The summed E-state index contributed by atoms with van der Waals surface area (Å²) >= 11 is 0. The van der Waals surface area contributed by atoms with E-state index in [0.717, 1.165) is 18.2 Å².